The number of carbonyl (C=O) groups is 2. The van der Waals surface area contributed by atoms with Crippen molar-refractivity contribution in [3.05, 3.63) is 33.8 Å². The van der Waals surface area contributed by atoms with Gasteiger partial charge >= 0.3 is 0 Å². The summed E-state index contributed by atoms with van der Waals surface area (Å²) in [6.07, 6.45) is 0.621. The summed E-state index contributed by atoms with van der Waals surface area (Å²) in [6.45, 7) is 5.95. The van der Waals surface area contributed by atoms with Crippen LogP contribution >= 0.6 is 15.9 Å². The number of aryl methyl sites for hydroxylation is 1. The number of carbonyl (C=O) groups excluding carboxylic acids is 2. The Balaban J connectivity index is 2.94. The van der Waals surface area contributed by atoms with Crippen molar-refractivity contribution in [1.82, 2.24) is 10.2 Å². The maximum Gasteiger partial charge on any atom is 0.252 e. The molecule has 4 nitrogen and oxygen atoms in total. The summed E-state index contributed by atoms with van der Waals surface area (Å²) in [6, 6.07) is 5.05. The first-order valence-electron chi connectivity index (χ1n) is 7.00. The topological polar surface area (TPSA) is 49.4 Å². The Kier molecular flexibility index (Phi) is 6.40. The van der Waals surface area contributed by atoms with Crippen molar-refractivity contribution >= 4 is 27.7 Å². The molecule has 0 bridgehead atoms. The molecule has 0 saturated heterocycles. The van der Waals surface area contributed by atoms with Gasteiger partial charge in [0.25, 0.3) is 5.91 Å². The summed E-state index contributed by atoms with van der Waals surface area (Å²) in [5.74, 6) is 0.0298. The van der Waals surface area contributed by atoms with Gasteiger partial charge in [-0.1, -0.05) is 35.8 Å². The van der Waals surface area contributed by atoms with Crippen LogP contribution in [0.4, 0.5) is 0 Å². The molecule has 0 heterocycles. The smallest absolute Gasteiger partial charge is 0.252 e. The van der Waals surface area contributed by atoms with Crippen LogP contribution in [0.3, 0.4) is 0 Å². The molecule has 1 N–H and O–H groups in total. The molecule has 116 valence electrons. The number of amides is 2. The predicted molar refractivity (Wildman–Crippen MR) is 88.3 cm³/mol. The number of rotatable bonds is 5. The number of benzene rings is 1. The number of likely N-dealkylation sites (N-methyl/N-ethyl adjacent to an activating group) is 1. The molecule has 1 unspecified atom stereocenters. The zero-order valence-electron chi connectivity index (χ0n) is 13.2. The van der Waals surface area contributed by atoms with Crippen LogP contribution in [-0.2, 0) is 4.79 Å². The monoisotopic (exact) mass is 354 g/mol. The third kappa shape index (κ3) is 5.16. The van der Waals surface area contributed by atoms with Gasteiger partial charge < -0.3 is 10.2 Å². The molecule has 0 radical (unpaired) electrons. The van der Waals surface area contributed by atoms with Gasteiger partial charge in [0.05, 0.1) is 0 Å². The lowest BCUT2D eigenvalue weighted by atomic mass is 10.0. The fourth-order valence-corrected chi connectivity index (χ4v) is 2.44. The van der Waals surface area contributed by atoms with Gasteiger partial charge in [0.15, 0.2) is 0 Å². The molecule has 0 aromatic heterocycles. The first-order chi connectivity index (χ1) is 9.72. The van der Waals surface area contributed by atoms with Gasteiger partial charge in [-0.05, 0) is 37.0 Å². The molecule has 1 atom stereocenters. The van der Waals surface area contributed by atoms with Crippen molar-refractivity contribution in [1.29, 1.82) is 0 Å². The molecule has 21 heavy (non-hydrogen) atoms. The van der Waals surface area contributed by atoms with E-state index in [1.165, 1.54) is 4.90 Å². The van der Waals surface area contributed by atoms with Crippen LogP contribution in [0, 0.1) is 12.8 Å². The SMILES string of the molecule is Cc1ccc(Br)cc1C(=O)NC(CC(C)C)C(=O)N(C)C. The molecule has 2 amide bonds. The van der Waals surface area contributed by atoms with E-state index >= 15 is 0 Å². The third-order valence-corrected chi connectivity index (χ3v) is 3.69. The normalized spacial score (nSPS) is 12.1. The average Bonchev–Trinajstić information content (AvgIpc) is 2.39. The molecular formula is C16H23BrN2O2. The Bertz CT molecular complexity index is 527. The van der Waals surface area contributed by atoms with Crippen molar-refractivity contribution < 1.29 is 9.59 Å². The minimum absolute atomic E-state index is 0.0790. The van der Waals surface area contributed by atoms with Gasteiger partial charge in [0.1, 0.15) is 6.04 Å². The Labute approximate surface area is 135 Å². The van der Waals surface area contributed by atoms with E-state index in [-0.39, 0.29) is 11.8 Å². The van der Waals surface area contributed by atoms with Crippen molar-refractivity contribution in [2.75, 3.05) is 14.1 Å². The maximum absolute atomic E-state index is 12.4. The van der Waals surface area contributed by atoms with E-state index in [0.717, 1.165) is 10.0 Å². The highest BCUT2D eigenvalue weighted by molar-refractivity contribution is 9.10. The molecule has 0 fully saturated rings. The Hall–Kier alpha value is -1.36. The zero-order valence-corrected chi connectivity index (χ0v) is 14.8. The van der Waals surface area contributed by atoms with Gasteiger partial charge in [0.2, 0.25) is 5.91 Å². The van der Waals surface area contributed by atoms with Gasteiger partial charge in [-0.2, -0.15) is 0 Å². The third-order valence-electron chi connectivity index (χ3n) is 3.20. The van der Waals surface area contributed by atoms with Crippen molar-refractivity contribution in [2.24, 2.45) is 5.92 Å². The van der Waals surface area contributed by atoms with E-state index in [1.54, 1.807) is 20.2 Å². The highest BCUT2D eigenvalue weighted by atomic mass is 79.9. The van der Waals surface area contributed by atoms with E-state index in [2.05, 4.69) is 21.2 Å². The number of halogens is 1. The summed E-state index contributed by atoms with van der Waals surface area (Å²) in [5.41, 5.74) is 1.47. The lowest BCUT2D eigenvalue weighted by molar-refractivity contribution is -0.131. The minimum Gasteiger partial charge on any atom is -0.347 e. The van der Waals surface area contributed by atoms with Crippen molar-refractivity contribution in [3.63, 3.8) is 0 Å². The Morgan fingerprint density at radius 1 is 1.29 bits per heavy atom. The summed E-state index contributed by atoms with van der Waals surface area (Å²) < 4.78 is 0.845. The van der Waals surface area contributed by atoms with E-state index in [4.69, 9.17) is 0 Å². The van der Waals surface area contributed by atoms with Gasteiger partial charge in [-0.3, -0.25) is 9.59 Å². The zero-order chi connectivity index (χ0) is 16.2. The fraction of sp³-hybridized carbons (Fsp3) is 0.500. The van der Waals surface area contributed by atoms with E-state index in [1.807, 2.05) is 32.9 Å². The van der Waals surface area contributed by atoms with Gasteiger partial charge in [0, 0.05) is 24.1 Å². The van der Waals surface area contributed by atoms with Gasteiger partial charge in [-0.15, -0.1) is 0 Å². The summed E-state index contributed by atoms with van der Waals surface area (Å²) in [7, 11) is 3.40. The Morgan fingerprint density at radius 2 is 1.90 bits per heavy atom. The number of hydrogen-bond acceptors (Lipinski definition) is 2. The number of hydrogen-bond donors (Lipinski definition) is 1. The second-order valence-corrected chi connectivity index (χ2v) is 6.76. The molecular weight excluding hydrogens is 332 g/mol. The number of nitrogens with one attached hydrogen (secondary N) is 1. The first-order valence-corrected chi connectivity index (χ1v) is 7.79. The summed E-state index contributed by atoms with van der Waals surface area (Å²) in [5, 5.41) is 2.86. The lowest BCUT2D eigenvalue weighted by Gasteiger charge is -2.23. The van der Waals surface area contributed by atoms with Gasteiger partial charge in [-0.25, -0.2) is 0 Å². The summed E-state index contributed by atoms with van der Waals surface area (Å²) >= 11 is 3.37. The molecule has 1 aromatic rings. The van der Waals surface area contributed by atoms with Crippen LogP contribution in [0.25, 0.3) is 0 Å². The molecule has 0 spiro atoms. The first kappa shape index (κ1) is 17.7. The van der Waals surface area contributed by atoms with Crippen molar-refractivity contribution in [3.8, 4) is 0 Å². The molecule has 1 aromatic carbocycles. The highest BCUT2D eigenvalue weighted by Crippen LogP contribution is 2.17. The largest absolute Gasteiger partial charge is 0.347 e. The van der Waals surface area contributed by atoms with Crippen LogP contribution < -0.4 is 5.32 Å². The quantitative estimate of drug-likeness (QED) is 0.883. The van der Waals surface area contributed by atoms with Crippen LogP contribution in [-0.4, -0.2) is 36.9 Å². The fourth-order valence-electron chi connectivity index (χ4n) is 2.08. The van der Waals surface area contributed by atoms with Crippen molar-refractivity contribution in [2.45, 2.75) is 33.2 Å². The van der Waals surface area contributed by atoms with Crippen LogP contribution in [0.15, 0.2) is 22.7 Å². The van der Waals surface area contributed by atoms with E-state index in [0.29, 0.717) is 17.9 Å². The summed E-state index contributed by atoms with van der Waals surface area (Å²) in [4.78, 5) is 26.1. The molecule has 0 aliphatic rings. The standard InChI is InChI=1S/C16H23BrN2O2/c1-10(2)8-14(16(21)19(4)5)18-15(20)13-9-12(17)7-6-11(13)3/h6-7,9-10,14H,8H2,1-5H3,(H,18,20). The number of nitrogens with zero attached hydrogens (tertiary/aromatic N) is 1. The van der Waals surface area contributed by atoms with E-state index < -0.39 is 6.04 Å². The van der Waals surface area contributed by atoms with E-state index in [9.17, 15) is 9.59 Å². The predicted octanol–water partition coefficient (Wildman–Crippen LogP) is 2.99. The van der Waals surface area contributed by atoms with Crippen LogP contribution in [0.2, 0.25) is 0 Å². The lowest BCUT2D eigenvalue weighted by Crippen LogP contribution is -2.47. The molecule has 0 aliphatic carbocycles. The van der Waals surface area contributed by atoms with Crippen LogP contribution in [0.1, 0.15) is 36.2 Å². The molecule has 5 heteroatoms. The minimum atomic E-state index is -0.495. The molecule has 0 saturated carbocycles. The molecule has 0 aliphatic heterocycles. The second-order valence-electron chi connectivity index (χ2n) is 5.85. The highest BCUT2D eigenvalue weighted by Gasteiger charge is 2.24. The average molecular weight is 355 g/mol. The maximum atomic E-state index is 12.4. The Morgan fingerprint density at radius 3 is 2.43 bits per heavy atom. The van der Waals surface area contributed by atoms with Crippen LogP contribution in [0.5, 0.6) is 0 Å². The molecule has 1 rings (SSSR count). The second kappa shape index (κ2) is 7.59.